The second-order valence-electron chi connectivity index (χ2n) is 18.9. The standard InChI is InChI=1S/C50H81N7O11/c1-13-34(6)45(55(10)50(64)43(32(2)3)53-49(63)44(33(4)5)54(8)9)39(65-11)31-42(60)56-24-17-20-38(56)46(66-12)35(7)47(61)52-37(30-36-18-15-14-16-19-36)48(62)51-23-26-67-28-29-68-27-25-57-40(58)21-22-41(57)59/h14-16,18-19,21-22,32-35,37-39,43-46H,13,17,20,23-31H2,1-12H3,(H,51,62)(H,52,61)(H,53,63)/t34-,35-,37+,38+,39-,43?,44+,45+,46-/m1/s1. The van der Waals surface area contributed by atoms with Gasteiger partial charge in [-0.25, -0.2) is 0 Å². The van der Waals surface area contributed by atoms with Crippen molar-refractivity contribution < 1.29 is 52.5 Å². The topological polar surface area (TPSA) is 205 Å². The largest absolute Gasteiger partial charge is 0.379 e. The van der Waals surface area contributed by atoms with Crippen molar-refractivity contribution in [1.29, 1.82) is 0 Å². The summed E-state index contributed by atoms with van der Waals surface area (Å²) in [5.74, 6) is -3.21. The predicted molar refractivity (Wildman–Crippen MR) is 258 cm³/mol. The number of benzene rings is 1. The molecule has 1 unspecified atom stereocenters. The first-order chi connectivity index (χ1) is 32.3. The highest BCUT2D eigenvalue weighted by atomic mass is 16.5. The highest BCUT2D eigenvalue weighted by Crippen LogP contribution is 2.30. The fraction of sp³-hybridized carbons (Fsp3) is 0.700. The smallest absolute Gasteiger partial charge is 0.253 e. The van der Waals surface area contributed by atoms with E-state index in [-0.39, 0.29) is 99.6 Å². The van der Waals surface area contributed by atoms with Crippen molar-refractivity contribution in [3.8, 4) is 0 Å². The van der Waals surface area contributed by atoms with Gasteiger partial charge < -0.3 is 44.7 Å². The van der Waals surface area contributed by atoms with Gasteiger partial charge in [-0.2, -0.15) is 0 Å². The van der Waals surface area contributed by atoms with Gasteiger partial charge in [0.15, 0.2) is 0 Å². The number of rotatable bonds is 30. The molecular weight excluding hydrogens is 875 g/mol. The van der Waals surface area contributed by atoms with Crippen LogP contribution in [0, 0.1) is 23.7 Å². The van der Waals surface area contributed by atoms with Crippen LogP contribution in [0.2, 0.25) is 0 Å². The molecule has 0 radical (unpaired) electrons. The Morgan fingerprint density at radius 3 is 1.99 bits per heavy atom. The molecule has 1 fully saturated rings. The van der Waals surface area contributed by atoms with E-state index in [1.807, 2.05) is 90.9 Å². The van der Waals surface area contributed by atoms with Gasteiger partial charge in [-0.05, 0) is 50.3 Å². The highest BCUT2D eigenvalue weighted by Gasteiger charge is 2.43. The van der Waals surface area contributed by atoms with Crippen LogP contribution in [0.4, 0.5) is 0 Å². The van der Waals surface area contributed by atoms with Crippen LogP contribution >= 0.6 is 0 Å². The number of likely N-dealkylation sites (N-methyl/N-ethyl adjacent to an activating group) is 2. The van der Waals surface area contributed by atoms with Gasteiger partial charge in [0.1, 0.15) is 12.1 Å². The Balaban J connectivity index is 1.67. The molecule has 18 nitrogen and oxygen atoms in total. The Kier molecular flexibility index (Phi) is 24.3. The molecule has 0 spiro atoms. The third-order valence-electron chi connectivity index (χ3n) is 13.1. The molecule has 3 rings (SSSR count). The fourth-order valence-corrected chi connectivity index (χ4v) is 9.27. The molecule has 0 aromatic heterocycles. The molecule has 68 heavy (non-hydrogen) atoms. The number of hydrogen-bond donors (Lipinski definition) is 3. The number of amides is 7. The Morgan fingerprint density at radius 2 is 1.43 bits per heavy atom. The SMILES string of the molecule is CC[C@@H](C)[C@@H]([C@@H](CC(=O)N1CCC[C@H]1[C@H](OC)[C@@H](C)C(=O)N[C@@H](Cc1ccccc1)C(=O)NCCOCCOCCN1C(=O)C=CC1=O)OC)N(C)C(=O)C(NC(=O)[C@H](C(C)C)N(C)C)C(C)C. The Bertz CT molecular complexity index is 1800. The second kappa shape index (κ2) is 28.7. The van der Waals surface area contributed by atoms with Crippen LogP contribution in [0.3, 0.4) is 0 Å². The average molecular weight is 956 g/mol. The third-order valence-corrected chi connectivity index (χ3v) is 13.1. The van der Waals surface area contributed by atoms with Crippen LogP contribution in [0.5, 0.6) is 0 Å². The summed E-state index contributed by atoms with van der Waals surface area (Å²) < 4.78 is 23.2. The molecular formula is C50H81N7O11. The lowest BCUT2D eigenvalue weighted by Crippen LogP contribution is -2.59. The van der Waals surface area contributed by atoms with Crippen molar-refractivity contribution in [2.75, 3.05) is 81.4 Å². The minimum absolute atomic E-state index is 0.0204. The number of methoxy groups -OCH3 is 2. The van der Waals surface area contributed by atoms with Crippen LogP contribution in [0.15, 0.2) is 42.5 Å². The maximum atomic E-state index is 14.4. The summed E-state index contributed by atoms with van der Waals surface area (Å²) in [7, 11) is 8.47. The van der Waals surface area contributed by atoms with Crippen LogP contribution < -0.4 is 16.0 Å². The van der Waals surface area contributed by atoms with E-state index < -0.39 is 60.1 Å². The first-order valence-corrected chi connectivity index (χ1v) is 24.2. The van der Waals surface area contributed by atoms with Gasteiger partial charge in [-0.1, -0.05) is 85.2 Å². The van der Waals surface area contributed by atoms with Gasteiger partial charge in [0.05, 0.1) is 75.6 Å². The molecule has 1 saturated heterocycles. The maximum absolute atomic E-state index is 14.4. The van der Waals surface area contributed by atoms with Crippen LogP contribution in [0.1, 0.15) is 79.7 Å². The van der Waals surface area contributed by atoms with Crippen molar-refractivity contribution in [3.05, 3.63) is 48.0 Å². The molecule has 1 aromatic rings. The van der Waals surface area contributed by atoms with Gasteiger partial charge in [0.25, 0.3) is 11.8 Å². The molecule has 2 heterocycles. The summed E-state index contributed by atoms with van der Waals surface area (Å²) in [4.78, 5) is 99.7. The summed E-state index contributed by atoms with van der Waals surface area (Å²) in [6.07, 6.45) is 3.27. The van der Waals surface area contributed by atoms with E-state index in [0.717, 1.165) is 10.5 Å². The molecule has 0 aliphatic carbocycles. The summed E-state index contributed by atoms with van der Waals surface area (Å²) in [6, 6.07) is 6.28. The van der Waals surface area contributed by atoms with Crippen molar-refractivity contribution in [2.24, 2.45) is 23.7 Å². The molecule has 2 aliphatic heterocycles. The van der Waals surface area contributed by atoms with Crippen LogP contribution in [-0.2, 0) is 58.9 Å². The molecule has 18 heteroatoms. The molecule has 1 aromatic carbocycles. The number of nitrogens with one attached hydrogen (secondary N) is 3. The summed E-state index contributed by atoms with van der Waals surface area (Å²) in [5.41, 5.74) is 0.849. The van der Waals surface area contributed by atoms with Crippen molar-refractivity contribution in [2.45, 2.75) is 123 Å². The average Bonchev–Trinajstić information content (AvgIpc) is 3.92. The minimum Gasteiger partial charge on any atom is -0.379 e. The van der Waals surface area contributed by atoms with E-state index in [1.54, 1.807) is 30.9 Å². The number of nitrogens with zero attached hydrogens (tertiary/aromatic N) is 4. The molecule has 0 saturated carbocycles. The first-order valence-electron chi connectivity index (χ1n) is 24.2. The van der Waals surface area contributed by atoms with Gasteiger partial charge in [-0.3, -0.25) is 43.4 Å². The van der Waals surface area contributed by atoms with E-state index in [1.165, 1.54) is 19.3 Å². The maximum Gasteiger partial charge on any atom is 0.253 e. The number of likely N-dealkylation sites (tertiary alicyclic amines) is 1. The predicted octanol–water partition coefficient (Wildman–Crippen LogP) is 2.44. The quantitative estimate of drug-likeness (QED) is 0.0752. The van der Waals surface area contributed by atoms with Crippen molar-refractivity contribution >= 4 is 41.4 Å². The fourth-order valence-electron chi connectivity index (χ4n) is 9.27. The Hall–Kier alpha value is -4.75. The first kappa shape index (κ1) is 57.6. The number of imide groups is 1. The summed E-state index contributed by atoms with van der Waals surface area (Å²) in [6.45, 7) is 15.1. The normalized spacial score (nSPS) is 18.6. The zero-order valence-electron chi connectivity index (χ0n) is 42.7. The number of hydrogen-bond acceptors (Lipinski definition) is 12. The Morgan fingerprint density at radius 1 is 0.794 bits per heavy atom. The summed E-state index contributed by atoms with van der Waals surface area (Å²) in [5, 5.41) is 8.85. The van der Waals surface area contributed by atoms with E-state index in [4.69, 9.17) is 18.9 Å². The third kappa shape index (κ3) is 16.5. The van der Waals surface area contributed by atoms with Crippen LogP contribution in [-0.4, -0.2) is 185 Å². The number of ether oxygens (including phenoxy) is 4. The minimum atomic E-state index is -0.923. The zero-order chi connectivity index (χ0) is 50.7. The van der Waals surface area contributed by atoms with E-state index >= 15 is 0 Å². The lowest BCUT2D eigenvalue weighted by atomic mass is 9.89. The molecule has 0 bridgehead atoms. The zero-order valence-corrected chi connectivity index (χ0v) is 42.7. The molecule has 2 aliphatic rings. The Labute approximate surface area is 404 Å². The number of carbonyl (C=O) groups excluding carboxylic acids is 7. The lowest BCUT2D eigenvalue weighted by molar-refractivity contribution is -0.148. The van der Waals surface area contributed by atoms with Gasteiger partial charge in [0.2, 0.25) is 29.5 Å². The monoisotopic (exact) mass is 956 g/mol. The molecule has 7 amide bonds. The highest BCUT2D eigenvalue weighted by molar-refractivity contribution is 6.12. The van der Waals surface area contributed by atoms with E-state index in [9.17, 15) is 33.6 Å². The lowest BCUT2D eigenvalue weighted by Gasteiger charge is -2.41. The van der Waals surface area contributed by atoms with Crippen molar-refractivity contribution in [1.82, 2.24) is 35.6 Å². The van der Waals surface area contributed by atoms with Crippen molar-refractivity contribution in [3.63, 3.8) is 0 Å². The van der Waals surface area contributed by atoms with Gasteiger partial charge >= 0.3 is 0 Å². The number of carbonyl (C=O) groups is 7. The second-order valence-corrected chi connectivity index (χ2v) is 18.9. The van der Waals surface area contributed by atoms with E-state index in [2.05, 4.69) is 16.0 Å². The van der Waals surface area contributed by atoms with Gasteiger partial charge in [0, 0.05) is 52.9 Å². The summed E-state index contributed by atoms with van der Waals surface area (Å²) >= 11 is 0. The molecule has 382 valence electrons. The molecule has 9 atom stereocenters. The molecule has 3 N–H and O–H groups in total. The van der Waals surface area contributed by atoms with Crippen LogP contribution in [0.25, 0.3) is 0 Å². The van der Waals surface area contributed by atoms with E-state index in [0.29, 0.717) is 25.8 Å². The van der Waals surface area contributed by atoms with Gasteiger partial charge in [-0.15, -0.1) is 0 Å².